The lowest BCUT2D eigenvalue weighted by molar-refractivity contribution is -0.122. The Morgan fingerprint density at radius 1 is 1.17 bits per heavy atom. The zero-order valence-corrected chi connectivity index (χ0v) is 14.2. The van der Waals surface area contributed by atoms with Crippen molar-refractivity contribution in [3.63, 3.8) is 0 Å². The molecule has 0 spiro atoms. The topological polar surface area (TPSA) is 61.9 Å². The average molecular weight is 331 g/mol. The van der Waals surface area contributed by atoms with E-state index in [2.05, 4.69) is 5.32 Å². The molecule has 3 amide bonds. The summed E-state index contributed by atoms with van der Waals surface area (Å²) in [5, 5.41) is 3.07. The molecule has 0 unspecified atom stereocenters. The number of amides is 3. The molecule has 2 fully saturated rings. The smallest absolute Gasteiger partial charge is 0.325 e. The maximum absolute atomic E-state index is 12.5. The number of nitrogens with zero attached hydrogens (tertiary/aromatic N) is 2. The van der Waals surface area contributed by atoms with E-state index in [1.807, 2.05) is 24.3 Å². The molecule has 1 aromatic carbocycles. The molecule has 1 aliphatic carbocycles. The van der Waals surface area contributed by atoms with Crippen LogP contribution in [0.1, 0.15) is 32.1 Å². The lowest BCUT2D eigenvalue weighted by atomic mass is 9.95. The van der Waals surface area contributed by atoms with Crippen LogP contribution in [0.25, 0.3) is 0 Å². The molecule has 1 heterocycles. The molecule has 1 saturated carbocycles. The van der Waals surface area contributed by atoms with E-state index in [1.54, 1.807) is 16.9 Å². The predicted octanol–water partition coefficient (Wildman–Crippen LogP) is 2.39. The number of rotatable bonds is 5. The van der Waals surface area contributed by atoms with E-state index < -0.39 is 0 Å². The fourth-order valence-corrected chi connectivity index (χ4v) is 3.42. The van der Waals surface area contributed by atoms with Crippen molar-refractivity contribution in [2.45, 2.75) is 38.1 Å². The molecule has 1 aliphatic heterocycles. The molecule has 0 atom stereocenters. The summed E-state index contributed by atoms with van der Waals surface area (Å²) >= 11 is 0. The van der Waals surface area contributed by atoms with E-state index in [-0.39, 0.29) is 24.5 Å². The highest BCUT2D eigenvalue weighted by molar-refractivity contribution is 5.96. The van der Waals surface area contributed by atoms with E-state index >= 15 is 0 Å². The SMILES string of the molecule is COc1ccc(N2CCN(CC(=O)NC3CCCCC3)C2=O)cc1. The van der Waals surface area contributed by atoms with Crippen LogP contribution in [0.2, 0.25) is 0 Å². The van der Waals surface area contributed by atoms with E-state index in [4.69, 9.17) is 4.74 Å². The van der Waals surface area contributed by atoms with Gasteiger partial charge in [0.1, 0.15) is 12.3 Å². The molecule has 24 heavy (non-hydrogen) atoms. The number of hydrogen-bond donors (Lipinski definition) is 1. The van der Waals surface area contributed by atoms with Crippen LogP contribution in [0.15, 0.2) is 24.3 Å². The normalized spacial score (nSPS) is 18.8. The zero-order valence-electron chi connectivity index (χ0n) is 14.2. The van der Waals surface area contributed by atoms with Gasteiger partial charge in [0.15, 0.2) is 0 Å². The van der Waals surface area contributed by atoms with Gasteiger partial charge in [-0.3, -0.25) is 9.69 Å². The van der Waals surface area contributed by atoms with Crippen molar-refractivity contribution in [1.29, 1.82) is 0 Å². The van der Waals surface area contributed by atoms with Gasteiger partial charge in [0.05, 0.1) is 7.11 Å². The highest BCUT2D eigenvalue weighted by atomic mass is 16.5. The summed E-state index contributed by atoms with van der Waals surface area (Å²) < 4.78 is 5.14. The van der Waals surface area contributed by atoms with Crippen LogP contribution in [0.5, 0.6) is 5.75 Å². The van der Waals surface area contributed by atoms with Crippen molar-refractivity contribution in [2.75, 3.05) is 31.6 Å². The van der Waals surface area contributed by atoms with E-state index in [0.717, 1.165) is 24.3 Å². The van der Waals surface area contributed by atoms with Gasteiger partial charge < -0.3 is 15.0 Å². The molecule has 3 rings (SSSR count). The van der Waals surface area contributed by atoms with Crippen molar-refractivity contribution in [1.82, 2.24) is 10.2 Å². The Kier molecular flexibility index (Phi) is 5.23. The minimum Gasteiger partial charge on any atom is -0.497 e. The van der Waals surface area contributed by atoms with Crippen LogP contribution in [0.3, 0.4) is 0 Å². The molecule has 6 heteroatoms. The summed E-state index contributed by atoms with van der Waals surface area (Å²) in [6, 6.07) is 7.56. The Balaban J connectivity index is 1.54. The average Bonchev–Trinajstić information content (AvgIpc) is 2.96. The molecule has 6 nitrogen and oxygen atoms in total. The standard InChI is InChI=1S/C18H25N3O3/c1-24-16-9-7-15(8-10-16)21-12-11-20(18(21)23)13-17(22)19-14-5-3-2-4-6-14/h7-10,14H,2-6,11-13H2,1H3,(H,19,22). The molecule has 1 N–H and O–H groups in total. The molecule has 0 bridgehead atoms. The maximum atomic E-state index is 12.5. The van der Waals surface area contributed by atoms with Crippen LogP contribution in [-0.4, -0.2) is 49.6 Å². The van der Waals surface area contributed by atoms with Gasteiger partial charge in [-0.1, -0.05) is 19.3 Å². The Morgan fingerprint density at radius 2 is 1.88 bits per heavy atom. The van der Waals surface area contributed by atoms with Gasteiger partial charge in [0.2, 0.25) is 5.91 Å². The number of anilines is 1. The van der Waals surface area contributed by atoms with E-state index in [0.29, 0.717) is 13.1 Å². The van der Waals surface area contributed by atoms with Gasteiger partial charge in [0, 0.05) is 24.8 Å². The predicted molar refractivity (Wildman–Crippen MR) is 92.3 cm³/mol. The van der Waals surface area contributed by atoms with Gasteiger partial charge in [0.25, 0.3) is 0 Å². The third kappa shape index (κ3) is 3.80. The molecular weight excluding hydrogens is 306 g/mol. The summed E-state index contributed by atoms with van der Waals surface area (Å²) in [7, 11) is 1.61. The number of urea groups is 1. The molecule has 0 aromatic heterocycles. The lowest BCUT2D eigenvalue weighted by Gasteiger charge is -2.24. The number of nitrogens with one attached hydrogen (secondary N) is 1. The molecule has 130 valence electrons. The molecule has 0 radical (unpaired) electrons. The fraction of sp³-hybridized carbons (Fsp3) is 0.556. The van der Waals surface area contributed by atoms with Crippen LogP contribution in [0, 0.1) is 0 Å². The summed E-state index contributed by atoms with van der Waals surface area (Å²) in [6.45, 7) is 1.31. The van der Waals surface area contributed by atoms with Crippen molar-refractivity contribution >= 4 is 17.6 Å². The summed E-state index contributed by atoms with van der Waals surface area (Å²) in [6.07, 6.45) is 5.72. The molecular formula is C18H25N3O3. The van der Waals surface area contributed by atoms with Gasteiger partial charge in [-0.25, -0.2) is 4.79 Å². The first kappa shape index (κ1) is 16.6. The van der Waals surface area contributed by atoms with Gasteiger partial charge in [-0.05, 0) is 37.1 Å². The summed E-state index contributed by atoms with van der Waals surface area (Å²) in [4.78, 5) is 28.0. The number of carbonyl (C=O) groups excluding carboxylic acids is 2. The second-order valence-electron chi connectivity index (χ2n) is 6.46. The zero-order chi connectivity index (χ0) is 16.9. The van der Waals surface area contributed by atoms with Crippen molar-refractivity contribution < 1.29 is 14.3 Å². The van der Waals surface area contributed by atoms with Crippen LogP contribution < -0.4 is 15.0 Å². The third-order valence-corrected chi connectivity index (χ3v) is 4.78. The Bertz CT molecular complexity index is 582. The highest BCUT2D eigenvalue weighted by Crippen LogP contribution is 2.23. The molecule has 2 aliphatic rings. The Hall–Kier alpha value is -2.24. The van der Waals surface area contributed by atoms with Crippen LogP contribution in [-0.2, 0) is 4.79 Å². The van der Waals surface area contributed by atoms with Gasteiger partial charge in [-0.15, -0.1) is 0 Å². The number of benzene rings is 1. The van der Waals surface area contributed by atoms with E-state index in [9.17, 15) is 9.59 Å². The second-order valence-corrected chi connectivity index (χ2v) is 6.46. The lowest BCUT2D eigenvalue weighted by Crippen LogP contribution is -2.44. The number of carbonyl (C=O) groups is 2. The van der Waals surface area contributed by atoms with Crippen molar-refractivity contribution in [3.8, 4) is 5.75 Å². The number of methoxy groups -OCH3 is 1. The van der Waals surface area contributed by atoms with Gasteiger partial charge in [-0.2, -0.15) is 0 Å². The van der Waals surface area contributed by atoms with Crippen molar-refractivity contribution in [2.24, 2.45) is 0 Å². The number of ether oxygens (including phenoxy) is 1. The van der Waals surface area contributed by atoms with Crippen molar-refractivity contribution in [3.05, 3.63) is 24.3 Å². The maximum Gasteiger partial charge on any atom is 0.325 e. The quantitative estimate of drug-likeness (QED) is 0.901. The first-order valence-corrected chi connectivity index (χ1v) is 8.67. The minimum atomic E-state index is -0.112. The van der Waals surface area contributed by atoms with Crippen LogP contribution >= 0.6 is 0 Å². The monoisotopic (exact) mass is 331 g/mol. The van der Waals surface area contributed by atoms with Gasteiger partial charge >= 0.3 is 6.03 Å². The Labute approximate surface area is 142 Å². The first-order chi connectivity index (χ1) is 11.7. The number of hydrogen-bond acceptors (Lipinski definition) is 3. The second kappa shape index (κ2) is 7.55. The molecule has 1 saturated heterocycles. The third-order valence-electron chi connectivity index (χ3n) is 4.78. The van der Waals surface area contributed by atoms with Crippen LogP contribution in [0.4, 0.5) is 10.5 Å². The largest absolute Gasteiger partial charge is 0.497 e. The summed E-state index contributed by atoms with van der Waals surface area (Å²) in [5.41, 5.74) is 0.830. The molecule has 1 aromatic rings. The Morgan fingerprint density at radius 3 is 2.54 bits per heavy atom. The first-order valence-electron chi connectivity index (χ1n) is 8.67. The minimum absolute atomic E-state index is 0.0492. The highest BCUT2D eigenvalue weighted by Gasteiger charge is 2.31. The van der Waals surface area contributed by atoms with E-state index in [1.165, 1.54) is 19.3 Å². The summed E-state index contributed by atoms with van der Waals surface area (Å²) in [5.74, 6) is 0.709. The fourth-order valence-electron chi connectivity index (χ4n) is 3.42.